The summed E-state index contributed by atoms with van der Waals surface area (Å²) in [7, 11) is 0. The van der Waals surface area contributed by atoms with Gasteiger partial charge >= 0.3 is 0 Å². The molecule has 1 N–H and O–H groups in total. The molecule has 3 aromatic rings. The molecule has 0 spiro atoms. The highest BCUT2D eigenvalue weighted by Gasteiger charge is 2.27. The van der Waals surface area contributed by atoms with E-state index in [4.69, 9.17) is 4.52 Å². The number of nitrogens with zero attached hydrogens (tertiary/aromatic N) is 4. The van der Waals surface area contributed by atoms with Crippen LogP contribution in [-0.2, 0) is 16.1 Å². The molecule has 3 heterocycles. The van der Waals surface area contributed by atoms with Crippen LogP contribution in [0.15, 0.2) is 44.4 Å². The topological polar surface area (TPSA) is 110 Å². The molecule has 4 rings (SSSR count). The Hall–Kier alpha value is -3.01. The van der Waals surface area contributed by atoms with Crippen LogP contribution in [0.2, 0.25) is 0 Å². The first-order valence-electron chi connectivity index (χ1n) is 10.1. The van der Waals surface area contributed by atoms with Gasteiger partial charge in [0.15, 0.2) is 5.82 Å². The van der Waals surface area contributed by atoms with Crippen molar-refractivity contribution >= 4 is 44.5 Å². The lowest BCUT2D eigenvalue weighted by molar-refractivity contribution is -0.134. The van der Waals surface area contributed by atoms with E-state index in [9.17, 15) is 14.4 Å². The van der Waals surface area contributed by atoms with Crippen LogP contribution in [0.3, 0.4) is 0 Å². The SMILES string of the molecule is Cc1cc(NC(=O)C2CCN(C(=O)CCn3cnc4ccc(Br)cc4c3=O)CC2)no1. The average molecular weight is 488 g/mol. The van der Waals surface area contributed by atoms with Gasteiger partial charge in [0.25, 0.3) is 5.56 Å². The predicted molar refractivity (Wildman–Crippen MR) is 117 cm³/mol. The number of aromatic nitrogens is 3. The number of carbonyl (C=O) groups excluding carboxylic acids is 2. The van der Waals surface area contributed by atoms with E-state index < -0.39 is 0 Å². The van der Waals surface area contributed by atoms with Crippen molar-refractivity contribution < 1.29 is 14.1 Å². The molecule has 1 aliphatic rings. The summed E-state index contributed by atoms with van der Waals surface area (Å²) in [6.45, 7) is 3.03. The van der Waals surface area contributed by atoms with Gasteiger partial charge in [0.05, 0.1) is 17.2 Å². The lowest BCUT2D eigenvalue weighted by atomic mass is 9.95. The Morgan fingerprint density at radius 2 is 2.03 bits per heavy atom. The molecule has 1 aliphatic heterocycles. The monoisotopic (exact) mass is 487 g/mol. The van der Waals surface area contributed by atoms with Crippen molar-refractivity contribution in [3.63, 3.8) is 0 Å². The zero-order chi connectivity index (χ0) is 22.0. The number of halogens is 1. The number of carbonyl (C=O) groups is 2. The first-order valence-corrected chi connectivity index (χ1v) is 10.9. The van der Waals surface area contributed by atoms with Crippen molar-refractivity contribution in [1.82, 2.24) is 19.6 Å². The molecular formula is C21H22BrN5O4. The van der Waals surface area contributed by atoms with Gasteiger partial charge in [-0.25, -0.2) is 4.98 Å². The van der Waals surface area contributed by atoms with Crippen LogP contribution >= 0.6 is 15.9 Å². The summed E-state index contributed by atoms with van der Waals surface area (Å²) in [6.07, 6.45) is 2.85. The van der Waals surface area contributed by atoms with Gasteiger partial charge in [0.1, 0.15) is 5.76 Å². The molecule has 0 bridgehead atoms. The minimum atomic E-state index is -0.174. The van der Waals surface area contributed by atoms with Crippen molar-refractivity contribution in [2.75, 3.05) is 18.4 Å². The van der Waals surface area contributed by atoms with Gasteiger partial charge in [-0.2, -0.15) is 0 Å². The number of benzene rings is 1. The van der Waals surface area contributed by atoms with Crippen molar-refractivity contribution in [3.8, 4) is 0 Å². The van der Waals surface area contributed by atoms with E-state index in [1.807, 2.05) is 6.07 Å². The van der Waals surface area contributed by atoms with Crippen molar-refractivity contribution in [2.24, 2.45) is 5.92 Å². The standard InChI is InChI=1S/C21H22BrN5O4/c1-13-10-18(25-31-13)24-20(29)14-4-7-26(8-5-14)19(28)6-9-27-12-23-17-3-2-15(22)11-16(17)21(27)30/h2-3,10-12,14H,4-9H2,1H3,(H,24,25,29). The summed E-state index contributed by atoms with van der Waals surface area (Å²) < 4.78 is 7.22. The zero-order valence-electron chi connectivity index (χ0n) is 17.0. The lowest BCUT2D eigenvalue weighted by Gasteiger charge is -2.31. The molecule has 0 radical (unpaired) electrons. The quantitative estimate of drug-likeness (QED) is 0.592. The predicted octanol–water partition coefficient (Wildman–Crippen LogP) is 2.72. The molecule has 2 aromatic heterocycles. The number of hydrogen-bond donors (Lipinski definition) is 1. The first kappa shape index (κ1) is 21.2. The molecule has 31 heavy (non-hydrogen) atoms. The molecule has 162 valence electrons. The summed E-state index contributed by atoms with van der Waals surface area (Å²) in [5.74, 6) is 0.714. The number of fused-ring (bicyclic) bond motifs is 1. The van der Waals surface area contributed by atoms with E-state index in [2.05, 4.69) is 31.4 Å². The lowest BCUT2D eigenvalue weighted by Crippen LogP contribution is -2.42. The summed E-state index contributed by atoms with van der Waals surface area (Å²) >= 11 is 3.37. The highest BCUT2D eigenvalue weighted by molar-refractivity contribution is 9.10. The van der Waals surface area contributed by atoms with E-state index in [-0.39, 0.29) is 36.3 Å². The third kappa shape index (κ3) is 4.84. The van der Waals surface area contributed by atoms with E-state index in [1.165, 1.54) is 10.9 Å². The Labute approximate surface area is 186 Å². The Kier molecular flexibility index (Phi) is 6.17. The van der Waals surface area contributed by atoms with Crippen molar-refractivity contribution in [1.29, 1.82) is 0 Å². The third-order valence-electron chi connectivity index (χ3n) is 5.45. The fourth-order valence-electron chi connectivity index (χ4n) is 3.71. The number of aryl methyl sites for hydroxylation is 2. The molecule has 0 atom stereocenters. The van der Waals surface area contributed by atoms with Gasteiger partial charge in [-0.1, -0.05) is 21.1 Å². The Morgan fingerprint density at radius 3 is 2.74 bits per heavy atom. The number of amides is 2. The second-order valence-electron chi connectivity index (χ2n) is 7.62. The Balaban J connectivity index is 1.30. The number of rotatable bonds is 5. The van der Waals surface area contributed by atoms with Gasteiger partial charge < -0.3 is 14.7 Å². The average Bonchev–Trinajstić information content (AvgIpc) is 3.18. The molecule has 0 aliphatic carbocycles. The minimum Gasteiger partial charge on any atom is -0.360 e. The molecule has 1 aromatic carbocycles. The second-order valence-corrected chi connectivity index (χ2v) is 8.54. The largest absolute Gasteiger partial charge is 0.360 e. The molecule has 0 saturated carbocycles. The van der Waals surface area contributed by atoms with Crippen LogP contribution in [0.1, 0.15) is 25.0 Å². The number of nitrogens with one attached hydrogen (secondary N) is 1. The maximum absolute atomic E-state index is 12.7. The highest BCUT2D eigenvalue weighted by atomic mass is 79.9. The number of likely N-dealkylation sites (tertiary alicyclic amines) is 1. The summed E-state index contributed by atoms with van der Waals surface area (Å²) in [6, 6.07) is 7.01. The highest BCUT2D eigenvalue weighted by Crippen LogP contribution is 2.20. The Bertz CT molecular complexity index is 1180. The van der Waals surface area contributed by atoms with Crippen LogP contribution in [0.25, 0.3) is 10.9 Å². The van der Waals surface area contributed by atoms with Crippen LogP contribution in [0.4, 0.5) is 5.82 Å². The molecule has 0 unspecified atom stereocenters. The number of piperidine rings is 1. The van der Waals surface area contributed by atoms with Crippen molar-refractivity contribution in [3.05, 3.63) is 51.2 Å². The number of anilines is 1. The molecule has 1 saturated heterocycles. The van der Waals surface area contributed by atoms with Crippen LogP contribution < -0.4 is 10.9 Å². The zero-order valence-corrected chi connectivity index (χ0v) is 18.6. The van der Waals surface area contributed by atoms with Crippen LogP contribution in [0, 0.1) is 12.8 Å². The van der Waals surface area contributed by atoms with E-state index >= 15 is 0 Å². The van der Waals surface area contributed by atoms with Gasteiger partial charge in [0.2, 0.25) is 11.8 Å². The Morgan fingerprint density at radius 1 is 1.26 bits per heavy atom. The number of hydrogen-bond acceptors (Lipinski definition) is 6. The summed E-state index contributed by atoms with van der Waals surface area (Å²) in [4.78, 5) is 43.7. The molecule has 1 fully saturated rings. The smallest absolute Gasteiger partial charge is 0.261 e. The maximum atomic E-state index is 12.7. The normalized spacial score (nSPS) is 14.7. The van der Waals surface area contributed by atoms with E-state index in [1.54, 1.807) is 30.0 Å². The van der Waals surface area contributed by atoms with Gasteiger partial charge in [-0.05, 0) is 38.0 Å². The molecule has 10 heteroatoms. The van der Waals surface area contributed by atoms with Crippen molar-refractivity contribution in [2.45, 2.75) is 32.7 Å². The molecule has 2 amide bonds. The van der Waals surface area contributed by atoms with E-state index in [0.29, 0.717) is 48.4 Å². The molecular weight excluding hydrogens is 466 g/mol. The maximum Gasteiger partial charge on any atom is 0.261 e. The minimum absolute atomic E-state index is 0.0350. The third-order valence-corrected chi connectivity index (χ3v) is 5.94. The van der Waals surface area contributed by atoms with E-state index in [0.717, 1.165) is 4.47 Å². The van der Waals surface area contributed by atoms with Gasteiger partial charge in [-0.3, -0.25) is 19.0 Å². The second kappa shape index (κ2) is 9.01. The summed E-state index contributed by atoms with van der Waals surface area (Å²) in [5, 5.41) is 7.04. The van der Waals surface area contributed by atoms with Crippen LogP contribution in [-0.4, -0.2) is 44.5 Å². The van der Waals surface area contributed by atoms with Crippen LogP contribution in [0.5, 0.6) is 0 Å². The van der Waals surface area contributed by atoms with Gasteiger partial charge in [0, 0.05) is 42.5 Å². The van der Waals surface area contributed by atoms with Gasteiger partial charge in [-0.15, -0.1) is 0 Å². The first-order chi connectivity index (χ1) is 14.9. The fourth-order valence-corrected chi connectivity index (χ4v) is 4.07. The fraction of sp³-hybridized carbons (Fsp3) is 0.381. The molecule has 9 nitrogen and oxygen atoms in total. The summed E-state index contributed by atoms with van der Waals surface area (Å²) in [5.41, 5.74) is 0.453.